The molecule has 7 nitrogen and oxygen atoms in total. The first-order chi connectivity index (χ1) is 11.0. The second kappa shape index (κ2) is 7.71. The number of aryl methyl sites for hydroxylation is 2. The van der Waals surface area contributed by atoms with E-state index in [1.54, 1.807) is 4.68 Å². The van der Waals surface area contributed by atoms with E-state index in [4.69, 9.17) is 4.74 Å². The van der Waals surface area contributed by atoms with Gasteiger partial charge in [0, 0.05) is 6.54 Å². The van der Waals surface area contributed by atoms with E-state index in [9.17, 15) is 4.79 Å². The monoisotopic (exact) mass is 317 g/mol. The van der Waals surface area contributed by atoms with Gasteiger partial charge < -0.3 is 4.74 Å². The third-order valence-electron chi connectivity index (χ3n) is 3.37. The van der Waals surface area contributed by atoms with Gasteiger partial charge in [-0.1, -0.05) is 38.0 Å². The highest BCUT2D eigenvalue weighted by Gasteiger charge is 2.13. The van der Waals surface area contributed by atoms with Gasteiger partial charge in [0.2, 0.25) is 5.95 Å². The molecule has 23 heavy (non-hydrogen) atoms. The standard InChI is InChI=1S/C16H23N5O2/c1-5-8-21-16(18-19-20-21)17-15(22)10-23-14-9-12(4)6-7-13(14)11(2)3/h6-7,9,11H,5,8,10H2,1-4H3,(H,17,18,20,22). The average molecular weight is 317 g/mol. The Morgan fingerprint density at radius 3 is 2.87 bits per heavy atom. The lowest BCUT2D eigenvalue weighted by Crippen LogP contribution is -2.23. The van der Waals surface area contributed by atoms with Crippen molar-refractivity contribution < 1.29 is 9.53 Å². The van der Waals surface area contributed by atoms with Crippen LogP contribution < -0.4 is 10.1 Å². The Bertz CT molecular complexity index is 666. The first kappa shape index (κ1) is 16.9. The quantitative estimate of drug-likeness (QED) is 0.848. The van der Waals surface area contributed by atoms with Gasteiger partial charge >= 0.3 is 0 Å². The molecule has 0 aliphatic heterocycles. The lowest BCUT2D eigenvalue weighted by molar-refractivity contribution is -0.118. The smallest absolute Gasteiger partial charge is 0.264 e. The zero-order chi connectivity index (χ0) is 16.8. The molecule has 7 heteroatoms. The number of hydrogen-bond acceptors (Lipinski definition) is 5. The highest BCUT2D eigenvalue weighted by molar-refractivity contribution is 5.90. The number of carbonyl (C=O) groups excluding carboxylic acids is 1. The van der Waals surface area contributed by atoms with Crippen molar-refractivity contribution in [3.8, 4) is 5.75 Å². The Hall–Kier alpha value is -2.44. The minimum absolute atomic E-state index is 0.0812. The maximum Gasteiger partial charge on any atom is 0.264 e. The fraction of sp³-hybridized carbons (Fsp3) is 0.500. The molecular weight excluding hydrogens is 294 g/mol. The number of rotatable bonds is 7. The summed E-state index contributed by atoms with van der Waals surface area (Å²) in [4.78, 5) is 12.1. The zero-order valence-electron chi connectivity index (χ0n) is 14.0. The topological polar surface area (TPSA) is 81.9 Å². The van der Waals surface area contributed by atoms with Gasteiger partial charge in [0.15, 0.2) is 6.61 Å². The summed E-state index contributed by atoms with van der Waals surface area (Å²) in [6.07, 6.45) is 0.880. The number of aromatic nitrogens is 4. The van der Waals surface area contributed by atoms with Gasteiger partial charge in [-0.2, -0.15) is 0 Å². The number of ether oxygens (including phenoxy) is 1. The van der Waals surface area contributed by atoms with E-state index in [-0.39, 0.29) is 12.5 Å². The predicted octanol–water partition coefficient (Wildman–Crippen LogP) is 2.53. The molecule has 0 bridgehead atoms. The maximum absolute atomic E-state index is 12.1. The summed E-state index contributed by atoms with van der Waals surface area (Å²) < 4.78 is 7.26. The molecule has 1 aromatic heterocycles. The largest absolute Gasteiger partial charge is 0.483 e. The summed E-state index contributed by atoms with van der Waals surface area (Å²) in [5, 5.41) is 13.9. The zero-order valence-corrected chi connectivity index (χ0v) is 14.0. The van der Waals surface area contributed by atoms with Gasteiger partial charge in [0.25, 0.3) is 5.91 Å². The normalized spacial score (nSPS) is 10.8. The van der Waals surface area contributed by atoms with E-state index >= 15 is 0 Å². The molecule has 2 aromatic rings. The second-order valence-corrected chi connectivity index (χ2v) is 5.76. The van der Waals surface area contributed by atoms with Gasteiger partial charge in [-0.25, -0.2) is 4.68 Å². The van der Waals surface area contributed by atoms with Crippen LogP contribution in [-0.2, 0) is 11.3 Å². The summed E-state index contributed by atoms with van der Waals surface area (Å²) in [6.45, 7) is 8.77. The number of nitrogens with one attached hydrogen (secondary N) is 1. The number of carbonyl (C=O) groups is 1. The molecule has 1 heterocycles. The summed E-state index contributed by atoms with van der Waals surface area (Å²) in [5.74, 6) is 1.12. The predicted molar refractivity (Wildman–Crippen MR) is 87.5 cm³/mol. The summed E-state index contributed by atoms with van der Waals surface area (Å²) >= 11 is 0. The Morgan fingerprint density at radius 2 is 2.17 bits per heavy atom. The van der Waals surface area contributed by atoms with Crippen LogP contribution in [0.15, 0.2) is 18.2 Å². The van der Waals surface area contributed by atoms with E-state index in [1.807, 2.05) is 32.0 Å². The summed E-state index contributed by atoms with van der Waals surface area (Å²) in [5.41, 5.74) is 2.18. The second-order valence-electron chi connectivity index (χ2n) is 5.76. The van der Waals surface area contributed by atoms with Crippen LogP contribution in [0.5, 0.6) is 5.75 Å². The number of benzene rings is 1. The van der Waals surface area contributed by atoms with E-state index < -0.39 is 0 Å². The molecule has 1 amide bonds. The first-order valence-corrected chi connectivity index (χ1v) is 7.80. The fourth-order valence-corrected chi connectivity index (χ4v) is 2.20. The molecule has 0 saturated carbocycles. The molecule has 0 aliphatic carbocycles. The SMILES string of the molecule is CCCn1nnnc1NC(=O)COc1cc(C)ccc1C(C)C. The molecular formula is C16H23N5O2. The Kier molecular flexibility index (Phi) is 5.67. The number of anilines is 1. The van der Waals surface area contributed by atoms with Crippen molar-refractivity contribution >= 4 is 11.9 Å². The number of nitrogens with zero attached hydrogens (tertiary/aromatic N) is 4. The number of tetrazole rings is 1. The van der Waals surface area contributed by atoms with Gasteiger partial charge in [-0.05, 0) is 46.9 Å². The van der Waals surface area contributed by atoms with E-state index in [0.717, 1.165) is 23.3 Å². The average Bonchev–Trinajstić information content (AvgIpc) is 2.92. The van der Waals surface area contributed by atoms with Crippen molar-refractivity contribution in [1.29, 1.82) is 0 Å². The van der Waals surface area contributed by atoms with Crippen LogP contribution in [0.3, 0.4) is 0 Å². The lowest BCUT2D eigenvalue weighted by Gasteiger charge is -2.14. The van der Waals surface area contributed by atoms with Crippen LogP contribution in [0.1, 0.15) is 44.2 Å². The molecule has 124 valence electrons. The van der Waals surface area contributed by atoms with Crippen LogP contribution in [-0.4, -0.2) is 32.7 Å². The molecule has 1 aromatic carbocycles. The first-order valence-electron chi connectivity index (χ1n) is 7.80. The van der Waals surface area contributed by atoms with Crippen LogP contribution in [0.25, 0.3) is 0 Å². The Labute approximate surface area is 136 Å². The van der Waals surface area contributed by atoms with E-state index in [2.05, 4.69) is 34.7 Å². The summed E-state index contributed by atoms with van der Waals surface area (Å²) in [7, 11) is 0. The molecule has 0 spiro atoms. The molecule has 2 rings (SSSR count). The molecule has 0 saturated heterocycles. The van der Waals surface area contributed by atoms with Crippen molar-refractivity contribution in [1.82, 2.24) is 20.2 Å². The van der Waals surface area contributed by atoms with Crippen molar-refractivity contribution in [2.24, 2.45) is 0 Å². The van der Waals surface area contributed by atoms with Crippen LogP contribution in [0.2, 0.25) is 0 Å². The lowest BCUT2D eigenvalue weighted by atomic mass is 10.0. The van der Waals surface area contributed by atoms with Crippen molar-refractivity contribution in [2.75, 3.05) is 11.9 Å². The minimum atomic E-state index is -0.284. The number of hydrogen-bond donors (Lipinski definition) is 1. The highest BCUT2D eigenvalue weighted by atomic mass is 16.5. The van der Waals surface area contributed by atoms with Crippen LogP contribution in [0, 0.1) is 6.92 Å². The Morgan fingerprint density at radius 1 is 1.39 bits per heavy atom. The van der Waals surface area contributed by atoms with E-state index in [0.29, 0.717) is 18.4 Å². The van der Waals surface area contributed by atoms with Crippen molar-refractivity contribution in [3.05, 3.63) is 29.3 Å². The molecule has 0 atom stereocenters. The molecule has 0 aliphatic rings. The number of amides is 1. The van der Waals surface area contributed by atoms with Crippen LogP contribution in [0.4, 0.5) is 5.95 Å². The minimum Gasteiger partial charge on any atom is -0.483 e. The van der Waals surface area contributed by atoms with Gasteiger partial charge in [-0.15, -0.1) is 0 Å². The molecule has 1 N–H and O–H groups in total. The van der Waals surface area contributed by atoms with E-state index in [1.165, 1.54) is 0 Å². The van der Waals surface area contributed by atoms with Crippen molar-refractivity contribution in [3.63, 3.8) is 0 Å². The third-order valence-corrected chi connectivity index (χ3v) is 3.37. The van der Waals surface area contributed by atoms with Crippen LogP contribution >= 0.6 is 0 Å². The molecule has 0 fully saturated rings. The molecule has 0 radical (unpaired) electrons. The summed E-state index contributed by atoms with van der Waals surface area (Å²) in [6, 6.07) is 6.03. The Balaban J connectivity index is 1.99. The maximum atomic E-state index is 12.1. The van der Waals surface area contributed by atoms with Gasteiger partial charge in [-0.3, -0.25) is 10.1 Å². The van der Waals surface area contributed by atoms with Crippen molar-refractivity contribution in [2.45, 2.75) is 46.6 Å². The molecule has 0 unspecified atom stereocenters. The van der Waals surface area contributed by atoms with Gasteiger partial charge in [0.1, 0.15) is 5.75 Å². The van der Waals surface area contributed by atoms with Gasteiger partial charge in [0.05, 0.1) is 0 Å². The fourth-order valence-electron chi connectivity index (χ4n) is 2.20. The third kappa shape index (κ3) is 4.51. The highest BCUT2D eigenvalue weighted by Crippen LogP contribution is 2.27.